The first-order chi connectivity index (χ1) is 9.99. The number of Topliss-reactive ketones (excluding diaryl/α,β-unsaturated/α-hetero) is 1. The molecule has 1 aliphatic heterocycles. The molecule has 1 aliphatic rings. The van der Waals surface area contributed by atoms with E-state index in [9.17, 15) is 9.59 Å². The molecule has 1 aromatic rings. The fourth-order valence-electron chi connectivity index (χ4n) is 2.87. The summed E-state index contributed by atoms with van der Waals surface area (Å²) in [4.78, 5) is 28.0. The number of amides is 1. The van der Waals surface area contributed by atoms with E-state index in [4.69, 9.17) is 0 Å². The van der Waals surface area contributed by atoms with E-state index in [-0.39, 0.29) is 11.7 Å². The van der Waals surface area contributed by atoms with E-state index in [0.29, 0.717) is 17.2 Å². The van der Waals surface area contributed by atoms with Crippen LogP contribution in [0.25, 0.3) is 0 Å². The van der Waals surface area contributed by atoms with Gasteiger partial charge >= 0.3 is 0 Å². The molecule has 21 heavy (non-hydrogen) atoms. The summed E-state index contributed by atoms with van der Waals surface area (Å²) in [5, 5.41) is 0. The lowest BCUT2D eigenvalue weighted by Crippen LogP contribution is -2.45. The summed E-state index contributed by atoms with van der Waals surface area (Å²) < 4.78 is 0. The van der Waals surface area contributed by atoms with Crippen molar-refractivity contribution in [3.63, 3.8) is 0 Å². The zero-order chi connectivity index (χ0) is 15.4. The minimum Gasteiger partial charge on any atom is -0.340 e. The van der Waals surface area contributed by atoms with Gasteiger partial charge in [0, 0.05) is 30.8 Å². The van der Waals surface area contributed by atoms with Gasteiger partial charge in [-0.25, -0.2) is 0 Å². The third-order valence-electron chi connectivity index (χ3n) is 4.27. The smallest absolute Gasteiger partial charge is 0.253 e. The molecule has 4 nitrogen and oxygen atoms in total. The standard InChI is InChI=1S/C17H24N2O2/c1-13(20)14-7-6-8-15(11-14)17(21)19(3)12-16-9-4-5-10-18(16)2/h6-8,11,16H,4-5,9-10,12H2,1-3H3. The van der Waals surface area contributed by atoms with Crippen LogP contribution in [-0.4, -0.2) is 54.7 Å². The lowest BCUT2D eigenvalue weighted by Gasteiger charge is -2.35. The lowest BCUT2D eigenvalue weighted by molar-refractivity contribution is 0.0717. The highest BCUT2D eigenvalue weighted by molar-refractivity contribution is 5.99. The summed E-state index contributed by atoms with van der Waals surface area (Å²) in [6.07, 6.45) is 3.61. The first-order valence-corrected chi connectivity index (χ1v) is 7.55. The van der Waals surface area contributed by atoms with E-state index in [2.05, 4.69) is 11.9 Å². The summed E-state index contributed by atoms with van der Waals surface area (Å²) in [5.41, 5.74) is 1.17. The molecule has 1 atom stereocenters. The predicted octanol–water partition coefficient (Wildman–Crippen LogP) is 2.45. The van der Waals surface area contributed by atoms with Crippen molar-refractivity contribution in [3.05, 3.63) is 35.4 Å². The molecule has 1 heterocycles. The van der Waals surface area contributed by atoms with Crippen molar-refractivity contribution in [3.8, 4) is 0 Å². The summed E-state index contributed by atoms with van der Waals surface area (Å²) in [6, 6.07) is 7.41. The zero-order valence-electron chi connectivity index (χ0n) is 13.1. The van der Waals surface area contributed by atoms with Gasteiger partial charge in [0.25, 0.3) is 5.91 Å². The van der Waals surface area contributed by atoms with Crippen LogP contribution in [0.2, 0.25) is 0 Å². The normalized spacial score (nSPS) is 19.3. The molecule has 0 aromatic heterocycles. The quantitative estimate of drug-likeness (QED) is 0.799. The van der Waals surface area contributed by atoms with Gasteiger partial charge in [0.15, 0.2) is 5.78 Å². The molecule has 1 saturated heterocycles. The molecule has 2 rings (SSSR count). The number of carbonyl (C=O) groups excluding carboxylic acids is 2. The van der Waals surface area contributed by atoms with Gasteiger partial charge in [-0.05, 0) is 45.5 Å². The van der Waals surface area contributed by atoms with Crippen molar-refractivity contribution in [2.24, 2.45) is 0 Å². The van der Waals surface area contributed by atoms with E-state index in [1.807, 2.05) is 7.05 Å². The summed E-state index contributed by atoms with van der Waals surface area (Å²) in [6.45, 7) is 3.36. The van der Waals surface area contributed by atoms with Crippen LogP contribution in [0, 0.1) is 0 Å². The van der Waals surface area contributed by atoms with Crippen molar-refractivity contribution in [1.82, 2.24) is 9.80 Å². The molecular weight excluding hydrogens is 264 g/mol. The van der Waals surface area contributed by atoms with Crippen LogP contribution >= 0.6 is 0 Å². The molecule has 1 unspecified atom stereocenters. The third kappa shape index (κ3) is 3.91. The van der Waals surface area contributed by atoms with Crippen molar-refractivity contribution < 1.29 is 9.59 Å². The van der Waals surface area contributed by atoms with Crippen LogP contribution in [0.15, 0.2) is 24.3 Å². The van der Waals surface area contributed by atoms with Crippen molar-refractivity contribution in [2.75, 3.05) is 27.2 Å². The Labute approximate surface area is 126 Å². The van der Waals surface area contributed by atoms with Crippen LogP contribution in [0.3, 0.4) is 0 Å². The maximum absolute atomic E-state index is 12.5. The second-order valence-corrected chi connectivity index (χ2v) is 5.95. The van der Waals surface area contributed by atoms with E-state index in [1.165, 1.54) is 19.8 Å². The number of likely N-dealkylation sites (tertiary alicyclic amines) is 1. The molecule has 4 heteroatoms. The minimum absolute atomic E-state index is 0.0145. The fourth-order valence-corrected chi connectivity index (χ4v) is 2.87. The van der Waals surface area contributed by atoms with Crippen LogP contribution in [0.4, 0.5) is 0 Å². The molecule has 0 N–H and O–H groups in total. The maximum Gasteiger partial charge on any atom is 0.253 e. The number of nitrogens with zero attached hydrogens (tertiary/aromatic N) is 2. The molecular formula is C17H24N2O2. The predicted molar refractivity (Wildman–Crippen MR) is 83.7 cm³/mol. The number of ketones is 1. The molecule has 114 valence electrons. The minimum atomic E-state index is -0.0166. The van der Waals surface area contributed by atoms with Crippen LogP contribution < -0.4 is 0 Å². The van der Waals surface area contributed by atoms with E-state index in [1.54, 1.807) is 29.2 Å². The first kappa shape index (κ1) is 15.7. The Balaban J connectivity index is 2.04. The summed E-state index contributed by atoms with van der Waals surface area (Å²) >= 11 is 0. The molecule has 1 amide bonds. The Morgan fingerprint density at radius 2 is 2.00 bits per heavy atom. The number of likely N-dealkylation sites (N-methyl/N-ethyl adjacent to an activating group) is 2. The number of carbonyl (C=O) groups is 2. The number of hydrogen-bond acceptors (Lipinski definition) is 3. The third-order valence-corrected chi connectivity index (χ3v) is 4.27. The molecule has 1 aromatic carbocycles. The van der Waals surface area contributed by atoms with Gasteiger partial charge in [0.2, 0.25) is 0 Å². The fraction of sp³-hybridized carbons (Fsp3) is 0.529. The Morgan fingerprint density at radius 3 is 2.67 bits per heavy atom. The second kappa shape index (κ2) is 6.85. The number of hydrogen-bond donors (Lipinski definition) is 0. The highest BCUT2D eigenvalue weighted by Gasteiger charge is 2.23. The van der Waals surface area contributed by atoms with Gasteiger partial charge in [-0.2, -0.15) is 0 Å². The van der Waals surface area contributed by atoms with Gasteiger partial charge in [-0.1, -0.05) is 18.6 Å². The summed E-state index contributed by atoms with van der Waals surface area (Å²) in [5.74, 6) is -0.0311. The molecule has 0 saturated carbocycles. The number of rotatable bonds is 4. The molecule has 0 spiro atoms. The summed E-state index contributed by atoms with van der Waals surface area (Å²) in [7, 11) is 3.96. The zero-order valence-corrected chi connectivity index (χ0v) is 13.1. The Hall–Kier alpha value is -1.68. The Kier molecular flexibility index (Phi) is 5.12. The van der Waals surface area contributed by atoms with Gasteiger partial charge < -0.3 is 9.80 Å². The molecule has 1 fully saturated rings. The SMILES string of the molecule is CC(=O)c1cccc(C(=O)N(C)CC2CCCCN2C)c1. The van der Waals surface area contributed by atoms with Crippen LogP contribution in [0.5, 0.6) is 0 Å². The molecule has 0 bridgehead atoms. The van der Waals surface area contributed by atoms with E-state index >= 15 is 0 Å². The topological polar surface area (TPSA) is 40.6 Å². The van der Waals surface area contributed by atoms with Crippen LogP contribution in [-0.2, 0) is 0 Å². The highest BCUT2D eigenvalue weighted by atomic mass is 16.2. The monoisotopic (exact) mass is 288 g/mol. The van der Waals surface area contributed by atoms with Crippen molar-refractivity contribution in [2.45, 2.75) is 32.2 Å². The number of benzene rings is 1. The van der Waals surface area contributed by atoms with Crippen LogP contribution in [0.1, 0.15) is 46.9 Å². The van der Waals surface area contributed by atoms with Gasteiger partial charge in [0.05, 0.1) is 0 Å². The van der Waals surface area contributed by atoms with Gasteiger partial charge in [-0.3, -0.25) is 9.59 Å². The van der Waals surface area contributed by atoms with E-state index in [0.717, 1.165) is 19.5 Å². The molecule has 0 radical (unpaired) electrons. The largest absolute Gasteiger partial charge is 0.340 e. The Bertz CT molecular complexity index is 527. The van der Waals surface area contributed by atoms with Gasteiger partial charge in [-0.15, -0.1) is 0 Å². The maximum atomic E-state index is 12.5. The van der Waals surface area contributed by atoms with E-state index < -0.39 is 0 Å². The lowest BCUT2D eigenvalue weighted by atomic mass is 10.0. The van der Waals surface area contributed by atoms with Crippen molar-refractivity contribution in [1.29, 1.82) is 0 Å². The highest BCUT2D eigenvalue weighted by Crippen LogP contribution is 2.17. The number of piperidine rings is 1. The average molecular weight is 288 g/mol. The van der Waals surface area contributed by atoms with Gasteiger partial charge in [0.1, 0.15) is 0 Å². The molecule has 0 aliphatic carbocycles. The average Bonchev–Trinajstić information content (AvgIpc) is 2.49. The van der Waals surface area contributed by atoms with Crippen molar-refractivity contribution >= 4 is 11.7 Å². The first-order valence-electron chi connectivity index (χ1n) is 7.55. The Morgan fingerprint density at radius 1 is 1.29 bits per heavy atom. The second-order valence-electron chi connectivity index (χ2n) is 5.95.